The first-order chi connectivity index (χ1) is 9.76. The van der Waals surface area contributed by atoms with E-state index < -0.39 is 17.7 Å². The Morgan fingerprint density at radius 1 is 1.38 bits per heavy atom. The highest BCUT2D eigenvalue weighted by Gasteiger charge is 2.20. The van der Waals surface area contributed by atoms with Crippen LogP contribution >= 0.6 is 11.5 Å². The zero-order valence-corrected chi connectivity index (χ0v) is 13.5. The Morgan fingerprint density at radius 2 is 2.05 bits per heavy atom. The molecule has 116 valence electrons. The van der Waals surface area contributed by atoms with Gasteiger partial charge >= 0.3 is 12.1 Å². The Hall–Kier alpha value is -1.96. The normalized spacial score (nSPS) is 12.0. The number of anilines is 1. The van der Waals surface area contributed by atoms with E-state index >= 15 is 0 Å². The number of esters is 1. The number of aromatic nitrogens is 2. The van der Waals surface area contributed by atoms with Crippen molar-refractivity contribution in [1.29, 1.82) is 0 Å². The molecule has 0 spiro atoms. The van der Waals surface area contributed by atoms with Crippen molar-refractivity contribution in [2.75, 3.05) is 11.9 Å². The smallest absolute Gasteiger partial charge is 0.414 e. The number of ether oxygens (including phenoxy) is 2. The summed E-state index contributed by atoms with van der Waals surface area (Å²) < 4.78 is 14.0. The molecular weight excluding hydrogens is 294 g/mol. The van der Waals surface area contributed by atoms with Gasteiger partial charge in [-0.05, 0) is 34.6 Å². The first kappa shape index (κ1) is 17.1. The molecule has 1 heterocycles. The molecule has 0 aromatic carbocycles. The number of carbonyl (C=O) groups is 2. The molecule has 0 saturated carbocycles. The standard InChI is InChI=1S/C13H19N3O4S/c1-6-8(10(17)19-7-2)9-14-11(21-16-9)15-12(18)20-13(3,4)5/h6H,7H2,1-5H3,(H,14,15,16,18)/b8-6+. The van der Waals surface area contributed by atoms with Crippen LogP contribution in [-0.2, 0) is 14.3 Å². The van der Waals surface area contributed by atoms with E-state index in [0.29, 0.717) is 0 Å². The fourth-order valence-electron chi connectivity index (χ4n) is 1.32. The van der Waals surface area contributed by atoms with Gasteiger partial charge in [0.1, 0.15) is 11.2 Å². The van der Waals surface area contributed by atoms with Crippen molar-refractivity contribution in [3.05, 3.63) is 11.9 Å². The summed E-state index contributed by atoms with van der Waals surface area (Å²) in [6.45, 7) is 8.96. The molecule has 1 N–H and O–H groups in total. The maximum atomic E-state index is 11.7. The SMILES string of the molecule is C/C=C(/C(=O)OCC)c1nsc(NC(=O)OC(C)(C)C)n1. The average molecular weight is 313 g/mol. The molecule has 0 unspecified atom stereocenters. The molecule has 7 nitrogen and oxygen atoms in total. The Labute approximate surface area is 127 Å². The lowest BCUT2D eigenvalue weighted by atomic mass is 10.2. The van der Waals surface area contributed by atoms with Crippen LogP contribution in [0, 0.1) is 0 Å². The lowest BCUT2D eigenvalue weighted by Gasteiger charge is -2.18. The van der Waals surface area contributed by atoms with Gasteiger partial charge in [-0.1, -0.05) is 6.08 Å². The zero-order valence-electron chi connectivity index (χ0n) is 12.7. The molecule has 0 atom stereocenters. The predicted molar refractivity (Wildman–Crippen MR) is 80.0 cm³/mol. The summed E-state index contributed by atoms with van der Waals surface area (Å²) in [5.74, 6) is -0.284. The van der Waals surface area contributed by atoms with Crippen LogP contribution in [0.3, 0.4) is 0 Å². The number of nitrogens with one attached hydrogen (secondary N) is 1. The van der Waals surface area contributed by atoms with E-state index in [0.717, 1.165) is 11.5 Å². The maximum absolute atomic E-state index is 11.7. The number of nitrogens with zero attached hydrogens (tertiary/aromatic N) is 2. The minimum Gasteiger partial charge on any atom is -0.462 e. The van der Waals surface area contributed by atoms with Crippen molar-refractivity contribution in [2.24, 2.45) is 0 Å². The summed E-state index contributed by atoms with van der Waals surface area (Å²) in [5.41, 5.74) is -0.345. The number of hydrogen-bond donors (Lipinski definition) is 1. The van der Waals surface area contributed by atoms with Crippen molar-refractivity contribution in [2.45, 2.75) is 40.2 Å². The van der Waals surface area contributed by atoms with Gasteiger partial charge in [0.05, 0.1) is 6.61 Å². The second kappa shape index (κ2) is 7.16. The Balaban J connectivity index is 2.77. The van der Waals surface area contributed by atoms with Crippen LogP contribution in [0.2, 0.25) is 0 Å². The van der Waals surface area contributed by atoms with Crippen LogP contribution in [-0.4, -0.2) is 33.6 Å². The van der Waals surface area contributed by atoms with Crippen LogP contribution in [0.15, 0.2) is 6.08 Å². The summed E-state index contributed by atoms with van der Waals surface area (Å²) >= 11 is 0.961. The van der Waals surface area contributed by atoms with E-state index in [9.17, 15) is 9.59 Å². The number of rotatable bonds is 4. The third kappa shape index (κ3) is 5.50. The van der Waals surface area contributed by atoms with Gasteiger partial charge in [-0.2, -0.15) is 9.36 Å². The van der Waals surface area contributed by atoms with Crippen LogP contribution in [0.25, 0.3) is 5.57 Å². The largest absolute Gasteiger partial charge is 0.462 e. The summed E-state index contributed by atoms with van der Waals surface area (Å²) in [5, 5.41) is 2.73. The van der Waals surface area contributed by atoms with E-state index in [4.69, 9.17) is 9.47 Å². The molecule has 8 heteroatoms. The zero-order chi connectivity index (χ0) is 16.0. The lowest BCUT2D eigenvalue weighted by Crippen LogP contribution is -2.27. The molecule has 1 aromatic rings. The van der Waals surface area contributed by atoms with Crippen LogP contribution in [0.5, 0.6) is 0 Å². The van der Waals surface area contributed by atoms with Gasteiger partial charge in [0, 0.05) is 11.5 Å². The maximum Gasteiger partial charge on any atom is 0.414 e. The first-order valence-corrected chi connectivity index (χ1v) is 7.21. The van der Waals surface area contributed by atoms with E-state index in [2.05, 4.69) is 14.7 Å². The van der Waals surface area contributed by atoms with Gasteiger partial charge in [0.2, 0.25) is 5.13 Å². The highest BCUT2D eigenvalue weighted by Crippen LogP contribution is 2.19. The van der Waals surface area contributed by atoms with E-state index in [1.807, 2.05) is 0 Å². The van der Waals surface area contributed by atoms with Crippen molar-refractivity contribution in [1.82, 2.24) is 9.36 Å². The highest BCUT2D eigenvalue weighted by atomic mass is 32.1. The van der Waals surface area contributed by atoms with E-state index in [1.54, 1.807) is 40.7 Å². The summed E-state index contributed by atoms with van der Waals surface area (Å²) in [7, 11) is 0. The van der Waals surface area contributed by atoms with Gasteiger partial charge in [0.15, 0.2) is 5.82 Å². The molecule has 0 aliphatic heterocycles. The molecule has 1 aromatic heterocycles. The minimum atomic E-state index is -0.622. The molecule has 21 heavy (non-hydrogen) atoms. The molecule has 0 radical (unpaired) electrons. The van der Waals surface area contributed by atoms with Gasteiger partial charge in [-0.15, -0.1) is 0 Å². The molecule has 1 rings (SSSR count). The van der Waals surface area contributed by atoms with Gasteiger partial charge in [-0.25, -0.2) is 9.59 Å². The Kier molecular flexibility index (Phi) is 5.83. The Bertz CT molecular complexity index is 546. The fraction of sp³-hybridized carbons (Fsp3) is 0.538. The lowest BCUT2D eigenvalue weighted by molar-refractivity contribution is -0.136. The first-order valence-electron chi connectivity index (χ1n) is 6.44. The molecule has 0 saturated heterocycles. The van der Waals surface area contributed by atoms with E-state index in [-0.39, 0.29) is 23.1 Å². The van der Waals surface area contributed by atoms with Crippen molar-refractivity contribution >= 4 is 34.3 Å². The third-order valence-electron chi connectivity index (χ3n) is 2.06. The fourth-order valence-corrected chi connectivity index (χ4v) is 1.89. The average Bonchev–Trinajstić information content (AvgIpc) is 2.76. The van der Waals surface area contributed by atoms with Crippen LogP contribution < -0.4 is 5.32 Å². The molecular formula is C13H19N3O4S. The van der Waals surface area contributed by atoms with Crippen molar-refractivity contribution in [3.8, 4) is 0 Å². The summed E-state index contributed by atoms with van der Waals surface area (Å²) in [6.07, 6.45) is 0.945. The Morgan fingerprint density at radius 3 is 2.57 bits per heavy atom. The number of hydrogen-bond acceptors (Lipinski definition) is 7. The van der Waals surface area contributed by atoms with Crippen molar-refractivity contribution in [3.63, 3.8) is 0 Å². The summed E-state index contributed by atoms with van der Waals surface area (Å²) in [4.78, 5) is 27.4. The molecule has 0 aliphatic carbocycles. The number of allylic oxidation sites excluding steroid dienone is 1. The highest BCUT2D eigenvalue weighted by molar-refractivity contribution is 7.10. The van der Waals surface area contributed by atoms with Gasteiger partial charge in [0.25, 0.3) is 0 Å². The third-order valence-corrected chi connectivity index (χ3v) is 2.69. The van der Waals surface area contributed by atoms with Gasteiger partial charge in [-0.3, -0.25) is 5.32 Å². The topological polar surface area (TPSA) is 90.4 Å². The minimum absolute atomic E-state index is 0.215. The monoisotopic (exact) mass is 313 g/mol. The quantitative estimate of drug-likeness (QED) is 0.679. The van der Waals surface area contributed by atoms with Crippen LogP contribution in [0.1, 0.15) is 40.4 Å². The van der Waals surface area contributed by atoms with Crippen LogP contribution in [0.4, 0.5) is 9.93 Å². The number of amides is 1. The molecule has 0 fully saturated rings. The van der Waals surface area contributed by atoms with Crippen molar-refractivity contribution < 1.29 is 19.1 Å². The second-order valence-corrected chi connectivity index (χ2v) is 5.72. The molecule has 0 bridgehead atoms. The predicted octanol–water partition coefficient (Wildman–Crippen LogP) is 2.85. The second-order valence-electron chi connectivity index (χ2n) is 4.97. The van der Waals surface area contributed by atoms with Gasteiger partial charge < -0.3 is 9.47 Å². The molecule has 0 aliphatic rings. The number of carbonyl (C=O) groups excluding carboxylic acids is 2. The van der Waals surface area contributed by atoms with E-state index in [1.165, 1.54) is 0 Å². The summed E-state index contributed by atoms with van der Waals surface area (Å²) in [6, 6.07) is 0. The molecule has 1 amide bonds.